The lowest BCUT2D eigenvalue weighted by Crippen LogP contribution is -1.90. The summed E-state index contributed by atoms with van der Waals surface area (Å²) >= 11 is 5.06. The highest BCUT2D eigenvalue weighted by Crippen LogP contribution is 2.28. The van der Waals surface area contributed by atoms with Crippen LogP contribution in [0.15, 0.2) is 27.8 Å². The normalized spacial score (nSPS) is 10.6. The molecule has 0 spiro atoms. The number of rotatable bonds is 5. The van der Waals surface area contributed by atoms with Gasteiger partial charge in [-0.15, -0.1) is 5.10 Å². The van der Waals surface area contributed by atoms with E-state index in [9.17, 15) is 0 Å². The van der Waals surface area contributed by atoms with Crippen molar-refractivity contribution >= 4 is 27.7 Å². The summed E-state index contributed by atoms with van der Waals surface area (Å²) in [7, 11) is 1.68. The number of ether oxygens (including phenoxy) is 1. The van der Waals surface area contributed by atoms with Crippen molar-refractivity contribution in [2.45, 2.75) is 24.3 Å². The van der Waals surface area contributed by atoms with Gasteiger partial charge in [-0.05, 0) is 18.2 Å². The molecule has 6 heteroatoms. The topological polar surface area (TPSA) is 50.8 Å². The van der Waals surface area contributed by atoms with Gasteiger partial charge in [-0.25, -0.2) is 4.98 Å². The molecule has 0 unspecified atom stereocenters. The Balaban J connectivity index is 2.07. The van der Waals surface area contributed by atoms with Crippen LogP contribution in [0.3, 0.4) is 0 Å². The number of benzene rings is 1. The van der Waals surface area contributed by atoms with Gasteiger partial charge in [0.1, 0.15) is 11.6 Å². The first-order valence-electron chi connectivity index (χ1n) is 5.59. The van der Waals surface area contributed by atoms with Crippen molar-refractivity contribution in [2.24, 2.45) is 0 Å². The Morgan fingerprint density at radius 2 is 2.28 bits per heavy atom. The number of thioether (sulfide) groups is 1. The van der Waals surface area contributed by atoms with E-state index in [1.807, 2.05) is 19.1 Å². The fourth-order valence-corrected chi connectivity index (χ4v) is 2.71. The van der Waals surface area contributed by atoms with E-state index < -0.39 is 0 Å². The zero-order chi connectivity index (χ0) is 13.0. The molecule has 1 N–H and O–H groups in total. The largest absolute Gasteiger partial charge is 0.496 e. The van der Waals surface area contributed by atoms with Crippen molar-refractivity contribution in [2.75, 3.05) is 7.11 Å². The average molecular weight is 328 g/mol. The summed E-state index contributed by atoms with van der Waals surface area (Å²) in [5.41, 5.74) is 1.12. The number of aromatic amines is 1. The van der Waals surface area contributed by atoms with E-state index >= 15 is 0 Å². The SMILES string of the molecule is CCc1nc(SCc2cc(Br)ccc2OC)n[nH]1. The minimum Gasteiger partial charge on any atom is -0.496 e. The number of halogens is 1. The number of H-pyrrole nitrogens is 1. The highest BCUT2D eigenvalue weighted by atomic mass is 79.9. The monoisotopic (exact) mass is 327 g/mol. The minimum atomic E-state index is 0.772. The molecular formula is C12H14BrN3OS. The third kappa shape index (κ3) is 3.26. The minimum absolute atomic E-state index is 0.772. The molecule has 0 radical (unpaired) electrons. The van der Waals surface area contributed by atoms with E-state index in [1.165, 1.54) is 0 Å². The number of methoxy groups -OCH3 is 1. The van der Waals surface area contributed by atoms with Crippen molar-refractivity contribution < 1.29 is 4.74 Å². The standard InChI is InChI=1S/C12H14BrN3OS/c1-3-11-14-12(16-15-11)18-7-8-6-9(13)4-5-10(8)17-2/h4-6H,3,7H2,1-2H3,(H,14,15,16). The summed E-state index contributed by atoms with van der Waals surface area (Å²) in [6.07, 6.45) is 0.869. The van der Waals surface area contributed by atoms with Crippen molar-refractivity contribution in [3.05, 3.63) is 34.1 Å². The highest BCUT2D eigenvalue weighted by Gasteiger charge is 2.07. The van der Waals surface area contributed by atoms with Gasteiger partial charge in [0.15, 0.2) is 0 Å². The van der Waals surface area contributed by atoms with Crippen LogP contribution < -0.4 is 4.74 Å². The number of nitrogens with zero attached hydrogens (tertiary/aromatic N) is 2. The maximum atomic E-state index is 5.33. The Morgan fingerprint density at radius 3 is 2.94 bits per heavy atom. The predicted molar refractivity (Wildman–Crippen MR) is 76.0 cm³/mol. The van der Waals surface area contributed by atoms with Crippen LogP contribution in [0.25, 0.3) is 0 Å². The van der Waals surface area contributed by atoms with Gasteiger partial charge in [-0.1, -0.05) is 34.6 Å². The summed E-state index contributed by atoms with van der Waals surface area (Å²) in [5, 5.41) is 7.84. The molecule has 0 saturated carbocycles. The second kappa shape index (κ2) is 6.24. The molecule has 0 aliphatic carbocycles. The van der Waals surface area contributed by atoms with E-state index in [0.717, 1.165) is 38.9 Å². The molecule has 2 aromatic rings. The van der Waals surface area contributed by atoms with E-state index in [0.29, 0.717) is 0 Å². The van der Waals surface area contributed by atoms with Crippen LogP contribution in [-0.4, -0.2) is 22.3 Å². The van der Waals surface area contributed by atoms with Gasteiger partial charge in [0.05, 0.1) is 7.11 Å². The molecule has 0 fully saturated rings. The number of aryl methyl sites for hydroxylation is 1. The molecule has 0 bridgehead atoms. The summed E-state index contributed by atoms with van der Waals surface area (Å²) < 4.78 is 6.38. The van der Waals surface area contributed by atoms with Crippen molar-refractivity contribution in [3.8, 4) is 5.75 Å². The summed E-state index contributed by atoms with van der Waals surface area (Å²) in [5.74, 6) is 2.58. The molecule has 0 aliphatic rings. The molecule has 2 rings (SSSR count). The number of hydrogen-bond donors (Lipinski definition) is 1. The first-order chi connectivity index (χ1) is 8.72. The zero-order valence-electron chi connectivity index (χ0n) is 10.2. The summed E-state index contributed by atoms with van der Waals surface area (Å²) in [6, 6.07) is 5.98. The molecule has 0 aliphatic heterocycles. The zero-order valence-corrected chi connectivity index (χ0v) is 12.6. The Morgan fingerprint density at radius 1 is 1.44 bits per heavy atom. The van der Waals surface area contributed by atoms with Crippen molar-refractivity contribution in [1.29, 1.82) is 0 Å². The highest BCUT2D eigenvalue weighted by molar-refractivity contribution is 9.10. The van der Waals surface area contributed by atoms with Gasteiger partial charge in [0.25, 0.3) is 0 Å². The second-order valence-electron chi connectivity index (χ2n) is 3.66. The van der Waals surface area contributed by atoms with Crippen LogP contribution >= 0.6 is 27.7 Å². The molecular weight excluding hydrogens is 314 g/mol. The lowest BCUT2D eigenvalue weighted by atomic mass is 10.2. The molecule has 1 heterocycles. The Kier molecular flexibility index (Phi) is 4.66. The van der Waals surface area contributed by atoms with E-state index in [2.05, 4.69) is 37.2 Å². The molecule has 1 aromatic heterocycles. The molecule has 96 valence electrons. The van der Waals surface area contributed by atoms with Gasteiger partial charge in [0.2, 0.25) is 5.16 Å². The van der Waals surface area contributed by atoms with Gasteiger partial charge < -0.3 is 4.74 Å². The third-order valence-electron chi connectivity index (χ3n) is 2.45. The first-order valence-corrected chi connectivity index (χ1v) is 7.37. The van der Waals surface area contributed by atoms with Crippen LogP contribution in [0.1, 0.15) is 18.3 Å². The molecule has 4 nitrogen and oxygen atoms in total. The molecule has 0 atom stereocenters. The fraction of sp³-hybridized carbons (Fsp3) is 0.333. The van der Waals surface area contributed by atoms with Crippen molar-refractivity contribution in [3.63, 3.8) is 0 Å². The maximum Gasteiger partial charge on any atom is 0.208 e. The van der Waals surface area contributed by atoms with Crippen LogP contribution in [0.2, 0.25) is 0 Å². The van der Waals surface area contributed by atoms with Gasteiger partial charge in [-0.3, -0.25) is 5.10 Å². The first kappa shape index (κ1) is 13.4. The number of hydrogen-bond acceptors (Lipinski definition) is 4. The quantitative estimate of drug-likeness (QED) is 0.855. The maximum absolute atomic E-state index is 5.33. The van der Waals surface area contributed by atoms with Crippen LogP contribution in [0.4, 0.5) is 0 Å². The summed E-state index contributed by atoms with van der Waals surface area (Å²) in [6.45, 7) is 2.05. The number of nitrogens with one attached hydrogen (secondary N) is 1. The predicted octanol–water partition coefficient (Wildman–Crippen LogP) is 3.43. The van der Waals surface area contributed by atoms with E-state index in [1.54, 1.807) is 18.9 Å². The van der Waals surface area contributed by atoms with E-state index in [4.69, 9.17) is 4.74 Å². The van der Waals surface area contributed by atoms with Crippen LogP contribution in [0, 0.1) is 0 Å². The second-order valence-corrected chi connectivity index (χ2v) is 5.52. The molecule has 1 aromatic carbocycles. The molecule has 0 saturated heterocycles. The Labute approximate surface area is 119 Å². The number of aromatic nitrogens is 3. The fourth-order valence-electron chi connectivity index (χ4n) is 1.50. The van der Waals surface area contributed by atoms with Crippen LogP contribution in [0.5, 0.6) is 5.75 Å². The van der Waals surface area contributed by atoms with Gasteiger partial charge >= 0.3 is 0 Å². The Bertz CT molecular complexity index is 530. The van der Waals surface area contributed by atoms with Gasteiger partial charge in [-0.2, -0.15) is 0 Å². The van der Waals surface area contributed by atoms with E-state index in [-0.39, 0.29) is 0 Å². The smallest absolute Gasteiger partial charge is 0.208 e. The lowest BCUT2D eigenvalue weighted by molar-refractivity contribution is 0.411. The summed E-state index contributed by atoms with van der Waals surface area (Å²) in [4.78, 5) is 4.37. The average Bonchev–Trinajstić information content (AvgIpc) is 2.84. The van der Waals surface area contributed by atoms with Crippen molar-refractivity contribution in [1.82, 2.24) is 15.2 Å². The Hall–Kier alpha value is -1.01. The molecule has 18 heavy (non-hydrogen) atoms. The third-order valence-corrected chi connectivity index (χ3v) is 3.83. The lowest BCUT2D eigenvalue weighted by Gasteiger charge is -2.07. The van der Waals surface area contributed by atoms with Gasteiger partial charge in [0, 0.05) is 22.2 Å². The van der Waals surface area contributed by atoms with Crippen LogP contribution in [-0.2, 0) is 12.2 Å². The molecule has 0 amide bonds.